The Hall–Kier alpha value is -2.64. The van der Waals surface area contributed by atoms with Gasteiger partial charge in [0.05, 0.1) is 5.69 Å². The molecule has 4 heterocycles. The van der Waals surface area contributed by atoms with Crippen LogP contribution in [-0.2, 0) is 6.18 Å². The molecule has 0 amide bonds. The van der Waals surface area contributed by atoms with Gasteiger partial charge in [-0.15, -0.1) is 0 Å². The van der Waals surface area contributed by atoms with E-state index >= 15 is 0 Å². The van der Waals surface area contributed by atoms with Gasteiger partial charge in [-0.1, -0.05) is 12.8 Å². The van der Waals surface area contributed by atoms with E-state index in [-0.39, 0.29) is 0 Å². The fraction of sp³-hybridized carbons (Fsp3) is 0.500. The first kappa shape index (κ1) is 19.3. The quantitative estimate of drug-likeness (QED) is 0.571. The minimum Gasteiger partial charge on any atom is -0.342 e. The molecule has 8 heteroatoms. The minimum atomic E-state index is -4.49. The van der Waals surface area contributed by atoms with Crippen LogP contribution in [0.25, 0.3) is 16.8 Å². The zero-order chi connectivity index (χ0) is 20.9. The first-order valence-electron chi connectivity index (χ1n) is 10.5. The molecule has 5 rings (SSSR count). The average molecular weight is 415 g/mol. The van der Waals surface area contributed by atoms with Crippen molar-refractivity contribution in [2.75, 3.05) is 18.0 Å². The predicted molar refractivity (Wildman–Crippen MR) is 108 cm³/mol. The lowest BCUT2D eigenvalue weighted by Gasteiger charge is -2.40. The summed E-state index contributed by atoms with van der Waals surface area (Å²) in [5, 5.41) is 0. The van der Waals surface area contributed by atoms with E-state index in [9.17, 15) is 13.2 Å². The number of aromatic nitrogens is 4. The summed E-state index contributed by atoms with van der Waals surface area (Å²) in [7, 11) is 0. The topological polar surface area (TPSA) is 46.3 Å². The van der Waals surface area contributed by atoms with Crippen LogP contribution in [0.3, 0.4) is 0 Å². The van der Waals surface area contributed by atoms with E-state index in [1.54, 1.807) is 12.3 Å². The van der Waals surface area contributed by atoms with Gasteiger partial charge in [0.25, 0.3) is 0 Å². The molecule has 2 fully saturated rings. The van der Waals surface area contributed by atoms with Gasteiger partial charge in [-0.3, -0.25) is 9.38 Å². The standard InChI is InChI=1S/C22H24F3N5/c1-15-18(16-4-9-26-17(14-16)22(23,24)25)19-27-10-13-30(19)20(28-15)29-11-7-21(8-12-29)5-2-3-6-21/h4,9-10,13-14H,2-3,5-8,11-12H2,1H3. The van der Waals surface area contributed by atoms with Crippen LogP contribution < -0.4 is 4.90 Å². The van der Waals surface area contributed by atoms with E-state index in [2.05, 4.69) is 14.9 Å². The van der Waals surface area contributed by atoms with Crippen LogP contribution in [0.5, 0.6) is 0 Å². The molecule has 2 aliphatic rings. The Morgan fingerprint density at radius 3 is 2.43 bits per heavy atom. The third kappa shape index (κ3) is 3.22. The number of pyridine rings is 1. The van der Waals surface area contributed by atoms with Crippen molar-refractivity contribution in [3.63, 3.8) is 0 Å². The third-order valence-electron chi connectivity index (χ3n) is 6.82. The second-order valence-electron chi connectivity index (χ2n) is 8.61. The van der Waals surface area contributed by atoms with Crippen molar-refractivity contribution in [1.29, 1.82) is 0 Å². The first-order valence-corrected chi connectivity index (χ1v) is 10.5. The highest BCUT2D eigenvalue weighted by atomic mass is 19.4. The molecule has 1 aliphatic heterocycles. The first-order chi connectivity index (χ1) is 14.4. The number of hydrogen-bond donors (Lipinski definition) is 0. The summed E-state index contributed by atoms with van der Waals surface area (Å²) in [6.45, 7) is 3.74. The van der Waals surface area contributed by atoms with Gasteiger partial charge in [0, 0.05) is 37.2 Å². The largest absolute Gasteiger partial charge is 0.433 e. The highest BCUT2D eigenvalue weighted by molar-refractivity contribution is 5.80. The molecule has 0 aromatic carbocycles. The highest BCUT2D eigenvalue weighted by Crippen LogP contribution is 2.46. The molecule has 1 saturated carbocycles. The molecule has 0 atom stereocenters. The molecule has 30 heavy (non-hydrogen) atoms. The van der Waals surface area contributed by atoms with Crippen molar-refractivity contribution in [2.45, 2.75) is 51.6 Å². The van der Waals surface area contributed by atoms with E-state index in [0.29, 0.717) is 27.9 Å². The molecule has 3 aromatic heterocycles. The fourth-order valence-electron chi connectivity index (χ4n) is 5.18. The summed E-state index contributed by atoms with van der Waals surface area (Å²) < 4.78 is 41.4. The second kappa shape index (κ2) is 6.96. The van der Waals surface area contributed by atoms with Crippen molar-refractivity contribution in [2.24, 2.45) is 5.41 Å². The zero-order valence-electron chi connectivity index (χ0n) is 16.9. The van der Waals surface area contributed by atoms with Gasteiger partial charge >= 0.3 is 6.18 Å². The molecular formula is C22H24F3N5. The highest BCUT2D eigenvalue weighted by Gasteiger charge is 2.38. The van der Waals surface area contributed by atoms with Crippen LogP contribution >= 0.6 is 0 Å². The Labute approximate surface area is 173 Å². The van der Waals surface area contributed by atoms with Crippen molar-refractivity contribution in [3.8, 4) is 11.1 Å². The van der Waals surface area contributed by atoms with Crippen molar-refractivity contribution in [1.82, 2.24) is 19.4 Å². The Balaban J connectivity index is 1.53. The predicted octanol–water partition coefficient (Wildman–Crippen LogP) is 5.28. The molecule has 158 valence electrons. The molecule has 5 nitrogen and oxygen atoms in total. The van der Waals surface area contributed by atoms with Crippen molar-refractivity contribution in [3.05, 3.63) is 42.1 Å². The molecule has 1 saturated heterocycles. The molecule has 0 unspecified atom stereocenters. The molecule has 1 spiro atoms. The maximum atomic E-state index is 13.2. The maximum Gasteiger partial charge on any atom is 0.433 e. The molecular weight excluding hydrogens is 391 g/mol. The number of hydrogen-bond acceptors (Lipinski definition) is 4. The summed E-state index contributed by atoms with van der Waals surface area (Å²) in [5.41, 5.74) is 1.92. The number of halogens is 3. The van der Waals surface area contributed by atoms with Gasteiger partial charge < -0.3 is 4.90 Å². The van der Waals surface area contributed by atoms with Crippen LogP contribution in [0, 0.1) is 12.3 Å². The van der Waals surface area contributed by atoms with Crippen LogP contribution in [0.2, 0.25) is 0 Å². The summed E-state index contributed by atoms with van der Waals surface area (Å²) in [5.74, 6) is 0.821. The number of nitrogens with zero attached hydrogens (tertiary/aromatic N) is 5. The van der Waals surface area contributed by atoms with Crippen LogP contribution in [0.15, 0.2) is 30.7 Å². The fourth-order valence-corrected chi connectivity index (χ4v) is 5.18. The number of imidazole rings is 1. The van der Waals surface area contributed by atoms with Gasteiger partial charge in [0.2, 0.25) is 5.95 Å². The van der Waals surface area contributed by atoms with Crippen molar-refractivity contribution < 1.29 is 13.2 Å². The molecule has 3 aromatic rings. The molecule has 0 radical (unpaired) electrons. The van der Waals surface area contributed by atoms with E-state index in [1.165, 1.54) is 44.7 Å². The molecule has 0 bridgehead atoms. The number of alkyl halides is 3. The van der Waals surface area contributed by atoms with Gasteiger partial charge in [-0.2, -0.15) is 13.2 Å². The molecule has 1 aliphatic carbocycles. The summed E-state index contributed by atoms with van der Waals surface area (Å²) in [4.78, 5) is 15.1. The Morgan fingerprint density at radius 2 is 1.73 bits per heavy atom. The Kier molecular flexibility index (Phi) is 4.48. The number of fused-ring (bicyclic) bond motifs is 1. The normalized spacial score (nSPS) is 19.1. The monoisotopic (exact) mass is 415 g/mol. The number of rotatable bonds is 2. The number of piperidine rings is 1. The van der Waals surface area contributed by atoms with E-state index in [1.807, 2.05) is 17.5 Å². The molecule has 0 N–H and O–H groups in total. The Bertz CT molecular complexity index is 1070. The lowest BCUT2D eigenvalue weighted by molar-refractivity contribution is -0.141. The summed E-state index contributed by atoms with van der Waals surface area (Å²) in [6.07, 6.45) is 7.89. The van der Waals surface area contributed by atoms with E-state index in [4.69, 9.17) is 4.98 Å². The zero-order valence-corrected chi connectivity index (χ0v) is 16.9. The third-order valence-corrected chi connectivity index (χ3v) is 6.82. The average Bonchev–Trinajstić information content (AvgIpc) is 3.38. The lowest BCUT2D eigenvalue weighted by atomic mass is 9.77. The second-order valence-corrected chi connectivity index (χ2v) is 8.61. The minimum absolute atomic E-state index is 0.425. The van der Waals surface area contributed by atoms with Gasteiger partial charge in [-0.25, -0.2) is 9.97 Å². The van der Waals surface area contributed by atoms with Crippen molar-refractivity contribution >= 4 is 11.6 Å². The van der Waals surface area contributed by atoms with Gasteiger partial charge in [0.15, 0.2) is 0 Å². The van der Waals surface area contributed by atoms with Crippen LogP contribution in [-0.4, -0.2) is 32.4 Å². The Morgan fingerprint density at radius 1 is 1.00 bits per heavy atom. The SMILES string of the molecule is Cc1nc(N2CCC3(CCCC3)CC2)n2ccnc2c1-c1ccnc(C(F)(F)F)c1. The lowest BCUT2D eigenvalue weighted by Crippen LogP contribution is -2.40. The number of anilines is 1. The van der Waals surface area contributed by atoms with Gasteiger partial charge in [0.1, 0.15) is 11.3 Å². The van der Waals surface area contributed by atoms with Crippen LogP contribution in [0.1, 0.15) is 49.9 Å². The summed E-state index contributed by atoms with van der Waals surface area (Å²) >= 11 is 0. The van der Waals surface area contributed by atoms with Gasteiger partial charge in [-0.05, 0) is 55.7 Å². The number of aryl methyl sites for hydroxylation is 1. The smallest absolute Gasteiger partial charge is 0.342 e. The van der Waals surface area contributed by atoms with Crippen LogP contribution in [0.4, 0.5) is 19.1 Å². The maximum absolute atomic E-state index is 13.2. The summed E-state index contributed by atoms with van der Waals surface area (Å²) in [6, 6.07) is 2.65. The van der Waals surface area contributed by atoms with E-state index < -0.39 is 11.9 Å². The van der Waals surface area contributed by atoms with E-state index in [0.717, 1.165) is 25.1 Å².